The molecule has 24 heavy (non-hydrogen) atoms. The summed E-state index contributed by atoms with van der Waals surface area (Å²) >= 11 is 0. The summed E-state index contributed by atoms with van der Waals surface area (Å²) in [6, 6.07) is 16.6. The van der Waals surface area contributed by atoms with E-state index in [4.69, 9.17) is 0 Å². The van der Waals surface area contributed by atoms with Gasteiger partial charge in [-0.25, -0.2) is 13.1 Å². The molecule has 0 unspecified atom stereocenters. The predicted octanol–water partition coefficient (Wildman–Crippen LogP) is 2.93. The Balaban J connectivity index is 1.74. The average Bonchev–Trinajstić information content (AvgIpc) is 2.62. The van der Waals surface area contributed by atoms with Crippen LogP contribution in [-0.2, 0) is 16.6 Å². The first kappa shape index (κ1) is 16.3. The zero-order valence-electron chi connectivity index (χ0n) is 13.2. The summed E-state index contributed by atoms with van der Waals surface area (Å²) in [5, 5.41) is 0. The minimum atomic E-state index is -3.59. The summed E-state index contributed by atoms with van der Waals surface area (Å²) in [4.78, 5) is 8.46. The molecule has 1 aromatic heterocycles. The first-order valence-corrected chi connectivity index (χ1v) is 8.95. The molecule has 0 atom stereocenters. The number of benzene rings is 2. The number of nitrogens with zero attached hydrogens (tertiary/aromatic N) is 2. The lowest BCUT2D eigenvalue weighted by Crippen LogP contribution is -2.23. The van der Waals surface area contributed by atoms with Crippen LogP contribution in [-0.4, -0.2) is 18.4 Å². The maximum atomic E-state index is 12.4. The van der Waals surface area contributed by atoms with E-state index in [-0.39, 0.29) is 11.4 Å². The van der Waals surface area contributed by atoms with E-state index in [0.717, 1.165) is 16.8 Å². The van der Waals surface area contributed by atoms with Crippen molar-refractivity contribution in [3.05, 3.63) is 78.4 Å². The van der Waals surface area contributed by atoms with E-state index >= 15 is 0 Å². The standard InChI is InChI=1S/C18H17N3O2S/c1-14-11-20-17(12-19-14)13-21-24(22,23)18-9-7-16(8-10-18)15-5-3-2-4-6-15/h2-12,21H,13H2,1H3. The molecular formula is C18H17N3O2S. The molecule has 0 radical (unpaired) electrons. The molecule has 1 N–H and O–H groups in total. The predicted molar refractivity (Wildman–Crippen MR) is 92.7 cm³/mol. The average molecular weight is 339 g/mol. The summed E-state index contributed by atoms with van der Waals surface area (Å²) in [6.07, 6.45) is 3.18. The van der Waals surface area contributed by atoms with Crippen molar-refractivity contribution in [1.82, 2.24) is 14.7 Å². The smallest absolute Gasteiger partial charge is 0.240 e. The molecule has 0 aliphatic heterocycles. The summed E-state index contributed by atoms with van der Waals surface area (Å²) < 4.78 is 27.3. The molecule has 6 heteroatoms. The number of hydrogen-bond donors (Lipinski definition) is 1. The minimum absolute atomic E-state index is 0.107. The normalized spacial score (nSPS) is 11.4. The molecule has 0 spiro atoms. The van der Waals surface area contributed by atoms with E-state index in [1.165, 1.54) is 0 Å². The fourth-order valence-corrected chi connectivity index (χ4v) is 3.22. The summed E-state index contributed by atoms with van der Waals surface area (Å²) in [7, 11) is -3.59. The van der Waals surface area contributed by atoms with Gasteiger partial charge in [0.2, 0.25) is 10.0 Å². The highest BCUT2D eigenvalue weighted by molar-refractivity contribution is 7.89. The van der Waals surface area contributed by atoms with Crippen molar-refractivity contribution >= 4 is 10.0 Å². The first-order chi connectivity index (χ1) is 11.5. The number of aryl methyl sites for hydroxylation is 1. The van der Waals surface area contributed by atoms with Crippen molar-refractivity contribution in [2.75, 3.05) is 0 Å². The lowest BCUT2D eigenvalue weighted by molar-refractivity contribution is 0.580. The second-order valence-electron chi connectivity index (χ2n) is 5.36. The van der Waals surface area contributed by atoms with Crippen LogP contribution in [0, 0.1) is 6.92 Å². The zero-order valence-corrected chi connectivity index (χ0v) is 14.0. The van der Waals surface area contributed by atoms with Crippen LogP contribution >= 0.6 is 0 Å². The van der Waals surface area contributed by atoms with Crippen LogP contribution in [0.4, 0.5) is 0 Å². The Labute approximate surface area is 141 Å². The maximum Gasteiger partial charge on any atom is 0.240 e. The topological polar surface area (TPSA) is 72.0 Å². The Bertz CT molecular complexity index is 907. The summed E-state index contributed by atoms with van der Waals surface area (Å²) in [5.74, 6) is 0. The van der Waals surface area contributed by atoms with Gasteiger partial charge in [-0.05, 0) is 30.2 Å². The molecule has 0 fully saturated rings. The van der Waals surface area contributed by atoms with Gasteiger partial charge in [-0.3, -0.25) is 9.97 Å². The van der Waals surface area contributed by atoms with Gasteiger partial charge >= 0.3 is 0 Å². The fourth-order valence-electron chi connectivity index (χ4n) is 2.22. The Morgan fingerprint density at radius 1 is 0.875 bits per heavy atom. The Morgan fingerprint density at radius 2 is 1.54 bits per heavy atom. The Morgan fingerprint density at radius 3 is 2.17 bits per heavy atom. The maximum absolute atomic E-state index is 12.4. The second kappa shape index (κ2) is 6.90. The van der Waals surface area contributed by atoms with Gasteiger partial charge < -0.3 is 0 Å². The molecule has 0 saturated carbocycles. The van der Waals surface area contributed by atoms with Gasteiger partial charge in [-0.1, -0.05) is 42.5 Å². The Kier molecular flexibility index (Phi) is 4.69. The van der Waals surface area contributed by atoms with Crippen molar-refractivity contribution in [2.24, 2.45) is 0 Å². The molecule has 0 saturated heterocycles. The van der Waals surface area contributed by atoms with E-state index in [1.807, 2.05) is 37.3 Å². The van der Waals surface area contributed by atoms with Crippen LogP contribution in [0.3, 0.4) is 0 Å². The van der Waals surface area contributed by atoms with Gasteiger partial charge in [-0.2, -0.15) is 0 Å². The summed E-state index contributed by atoms with van der Waals surface area (Å²) in [5.41, 5.74) is 3.38. The van der Waals surface area contributed by atoms with Crippen LogP contribution in [0.25, 0.3) is 11.1 Å². The minimum Gasteiger partial charge on any atom is -0.258 e. The van der Waals surface area contributed by atoms with Gasteiger partial charge in [-0.15, -0.1) is 0 Å². The number of nitrogens with one attached hydrogen (secondary N) is 1. The van der Waals surface area contributed by atoms with E-state index < -0.39 is 10.0 Å². The monoisotopic (exact) mass is 339 g/mol. The number of aromatic nitrogens is 2. The van der Waals surface area contributed by atoms with Crippen LogP contribution in [0.1, 0.15) is 11.4 Å². The van der Waals surface area contributed by atoms with Gasteiger partial charge in [0.1, 0.15) is 0 Å². The fraction of sp³-hybridized carbons (Fsp3) is 0.111. The van der Waals surface area contributed by atoms with Gasteiger partial charge in [0, 0.05) is 6.20 Å². The zero-order chi connectivity index (χ0) is 17.0. The lowest BCUT2D eigenvalue weighted by Gasteiger charge is -2.08. The molecule has 0 bridgehead atoms. The molecule has 0 aliphatic carbocycles. The molecule has 3 rings (SSSR count). The molecule has 5 nitrogen and oxygen atoms in total. The third kappa shape index (κ3) is 3.84. The largest absolute Gasteiger partial charge is 0.258 e. The van der Waals surface area contributed by atoms with Crippen LogP contribution in [0.5, 0.6) is 0 Å². The third-order valence-electron chi connectivity index (χ3n) is 3.55. The van der Waals surface area contributed by atoms with Crippen molar-refractivity contribution in [1.29, 1.82) is 0 Å². The number of rotatable bonds is 5. The lowest BCUT2D eigenvalue weighted by atomic mass is 10.1. The van der Waals surface area contributed by atoms with Crippen molar-refractivity contribution in [3.8, 4) is 11.1 Å². The van der Waals surface area contributed by atoms with E-state index in [0.29, 0.717) is 5.69 Å². The van der Waals surface area contributed by atoms with Crippen molar-refractivity contribution in [2.45, 2.75) is 18.4 Å². The van der Waals surface area contributed by atoms with Crippen molar-refractivity contribution in [3.63, 3.8) is 0 Å². The van der Waals surface area contributed by atoms with Gasteiger partial charge in [0.05, 0.1) is 29.0 Å². The first-order valence-electron chi connectivity index (χ1n) is 7.47. The van der Waals surface area contributed by atoms with Crippen LogP contribution < -0.4 is 4.72 Å². The second-order valence-corrected chi connectivity index (χ2v) is 7.13. The van der Waals surface area contributed by atoms with Crippen LogP contribution in [0.15, 0.2) is 71.9 Å². The molecule has 0 aliphatic rings. The third-order valence-corrected chi connectivity index (χ3v) is 4.97. The van der Waals surface area contributed by atoms with Gasteiger partial charge in [0.25, 0.3) is 0 Å². The highest BCUT2D eigenvalue weighted by Gasteiger charge is 2.14. The Hall–Kier alpha value is -2.57. The summed E-state index contributed by atoms with van der Waals surface area (Å²) in [6.45, 7) is 1.94. The highest BCUT2D eigenvalue weighted by atomic mass is 32.2. The molecule has 0 amide bonds. The SMILES string of the molecule is Cc1cnc(CNS(=O)(=O)c2ccc(-c3ccccc3)cc2)cn1. The molecule has 2 aromatic carbocycles. The molecule has 122 valence electrons. The highest BCUT2D eigenvalue weighted by Crippen LogP contribution is 2.20. The molecule has 3 aromatic rings. The molecule has 1 heterocycles. The number of sulfonamides is 1. The van der Waals surface area contributed by atoms with E-state index in [1.54, 1.807) is 36.7 Å². The van der Waals surface area contributed by atoms with E-state index in [9.17, 15) is 8.42 Å². The van der Waals surface area contributed by atoms with Crippen LogP contribution in [0.2, 0.25) is 0 Å². The van der Waals surface area contributed by atoms with E-state index in [2.05, 4.69) is 14.7 Å². The quantitative estimate of drug-likeness (QED) is 0.776. The van der Waals surface area contributed by atoms with Crippen molar-refractivity contribution < 1.29 is 8.42 Å². The number of hydrogen-bond acceptors (Lipinski definition) is 4. The molecular weight excluding hydrogens is 322 g/mol. The van der Waals surface area contributed by atoms with Gasteiger partial charge in [0.15, 0.2) is 0 Å².